The van der Waals surface area contributed by atoms with Gasteiger partial charge in [-0.3, -0.25) is 0 Å². The Morgan fingerprint density at radius 1 is 1.08 bits per heavy atom. The fourth-order valence-corrected chi connectivity index (χ4v) is 0.805. The summed E-state index contributed by atoms with van der Waals surface area (Å²) in [6, 6.07) is 4.84. The second-order valence-electron chi connectivity index (χ2n) is 2.48. The van der Waals surface area contributed by atoms with Crippen LogP contribution in [0.5, 0.6) is 0 Å². The highest BCUT2D eigenvalue weighted by Crippen LogP contribution is 2.11. The first-order valence-corrected chi connectivity index (χ1v) is 3.53. The molecule has 1 aromatic carbocycles. The third kappa shape index (κ3) is 3.89. The molecule has 1 rings (SSSR count). The van der Waals surface area contributed by atoms with Crippen LogP contribution in [0.25, 0.3) is 0 Å². The summed E-state index contributed by atoms with van der Waals surface area (Å²) in [5.41, 5.74) is 0.388. The van der Waals surface area contributed by atoms with Crippen LogP contribution in [0.4, 0.5) is 17.6 Å². The van der Waals surface area contributed by atoms with Crippen molar-refractivity contribution in [2.45, 2.75) is 12.8 Å². The molecule has 0 saturated heterocycles. The van der Waals surface area contributed by atoms with E-state index >= 15 is 0 Å². The first-order valence-electron chi connectivity index (χ1n) is 3.53. The number of rotatable bonds is 2. The normalized spacial score (nSPS) is 11.7. The zero-order valence-electron chi connectivity index (χ0n) is 6.53. The molecule has 1 N–H and O–H groups in total. The molecular formula is C8H7F4N. The summed E-state index contributed by atoms with van der Waals surface area (Å²) in [7, 11) is 0. The van der Waals surface area contributed by atoms with E-state index in [0.717, 1.165) is 12.1 Å². The van der Waals surface area contributed by atoms with Crippen LogP contribution >= 0.6 is 0 Å². The summed E-state index contributed by atoms with van der Waals surface area (Å²) in [6.45, 7) is -0.343. The van der Waals surface area contributed by atoms with Gasteiger partial charge in [0.05, 0.1) is 0 Å². The van der Waals surface area contributed by atoms with Gasteiger partial charge in [0.1, 0.15) is 5.82 Å². The van der Waals surface area contributed by atoms with Crippen molar-refractivity contribution in [2.75, 3.05) is 0 Å². The van der Waals surface area contributed by atoms with Gasteiger partial charge in [-0.15, -0.1) is 0 Å². The average Bonchev–Trinajstić information content (AvgIpc) is 2.02. The molecule has 1 aromatic rings. The summed E-state index contributed by atoms with van der Waals surface area (Å²) in [6.07, 6.45) is -4.39. The highest BCUT2D eigenvalue weighted by atomic mass is 19.4. The van der Waals surface area contributed by atoms with Crippen LogP contribution in [-0.4, -0.2) is 6.30 Å². The van der Waals surface area contributed by atoms with Gasteiger partial charge in [0.25, 0.3) is 0 Å². The molecule has 72 valence electrons. The van der Waals surface area contributed by atoms with E-state index in [1.165, 1.54) is 17.4 Å². The van der Waals surface area contributed by atoms with E-state index in [-0.39, 0.29) is 6.54 Å². The minimum atomic E-state index is -4.39. The van der Waals surface area contributed by atoms with Gasteiger partial charge in [0.2, 0.25) is 0 Å². The highest BCUT2D eigenvalue weighted by Gasteiger charge is 2.25. The first kappa shape index (κ1) is 9.98. The number of benzene rings is 1. The lowest BCUT2D eigenvalue weighted by Gasteiger charge is -2.07. The quantitative estimate of drug-likeness (QED) is 0.561. The largest absolute Gasteiger partial charge is 0.457 e. The Morgan fingerprint density at radius 3 is 2.08 bits per heavy atom. The van der Waals surface area contributed by atoms with E-state index in [4.69, 9.17) is 0 Å². The summed E-state index contributed by atoms with van der Waals surface area (Å²) in [4.78, 5) is 0. The van der Waals surface area contributed by atoms with Crippen molar-refractivity contribution < 1.29 is 17.6 Å². The van der Waals surface area contributed by atoms with Crippen molar-refractivity contribution in [3.8, 4) is 0 Å². The van der Waals surface area contributed by atoms with E-state index in [1.807, 2.05) is 0 Å². The molecular weight excluding hydrogens is 186 g/mol. The number of nitrogens with one attached hydrogen (secondary N) is 1. The van der Waals surface area contributed by atoms with Gasteiger partial charge in [-0.1, -0.05) is 12.1 Å². The van der Waals surface area contributed by atoms with E-state index in [0.29, 0.717) is 5.56 Å². The van der Waals surface area contributed by atoms with Gasteiger partial charge in [-0.2, -0.15) is 13.2 Å². The highest BCUT2D eigenvalue weighted by molar-refractivity contribution is 5.15. The monoisotopic (exact) mass is 193 g/mol. The van der Waals surface area contributed by atoms with Gasteiger partial charge < -0.3 is 0 Å². The number of hydrogen-bond donors (Lipinski definition) is 1. The molecule has 0 atom stereocenters. The maximum atomic E-state index is 12.3. The molecule has 0 aromatic heterocycles. The third-order valence-electron chi connectivity index (χ3n) is 1.41. The Kier molecular flexibility index (Phi) is 2.87. The molecule has 0 saturated carbocycles. The Labute approximate surface area is 72.4 Å². The van der Waals surface area contributed by atoms with Gasteiger partial charge in [0, 0.05) is 6.54 Å². The van der Waals surface area contributed by atoms with E-state index < -0.39 is 12.1 Å². The van der Waals surface area contributed by atoms with Gasteiger partial charge in [0.15, 0.2) is 0 Å². The summed E-state index contributed by atoms with van der Waals surface area (Å²) < 4.78 is 47.2. The third-order valence-corrected chi connectivity index (χ3v) is 1.41. The molecule has 0 aliphatic heterocycles. The lowest BCUT2D eigenvalue weighted by Crippen LogP contribution is -2.30. The van der Waals surface area contributed by atoms with Gasteiger partial charge in [-0.05, 0) is 17.7 Å². The van der Waals surface area contributed by atoms with E-state index in [1.54, 1.807) is 0 Å². The van der Waals surface area contributed by atoms with Crippen LogP contribution in [-0.2, 0) is 6.54 Å². The summed E-state index contributed by atoms with van der Waals surface area (Å²) >= 11 is 0. The smallest absolute Gasteiger partial charge is 0.224 e. The fraction of sp³-hybridized carbons (Fsp3) is 0.250. The molecule has 0 bridgehead atoms. The number of alkyl halides is 3. The van der Waals surface area contributed by atoms with Gasteiger partial charge >= 0.3 is 6.30 Å². The minimum Gasteiger partial charge on any atom is -0.224 e. The lowest BCUT2D eigenvalue weighted by atomic mass is 10.2. The number of halogens is 4. The Hall–Kier alpha value is -1.10. The SMILES string of the molecule is Fc1ccc(CNC(F)(F)F)cc1. The van der Waals surface area contributed by atoms with Crippen LogP contribution in [0.15, 0.2) is 24.3 Å². The average molecular weight is 193 g/mol. The van der Waals surface area contributed by atoms with Crippen molar-refractivity contribution in [1.82, 2.24) is 5.32 Å². The first-order chi connectivity index (χ1) is 5.97. The van der Waals surface area contributed by atoms with Crippen molar-refractivity contribution in [1.29, 1.82) is 0 Å². The van der Waals surface area contributed by atoms with Crippen molar-refractivity contribution in [3.63, 3.8) is 0 Å². The molecule has 0 fully saturated rings. The summed E-state index contributed by atoms with van der Waals surface area (Å²) in [5.74, 6) is -0.462. The maximum absolute atomic E-state index is 12.3. The molecule has 0 unspecified atom stereocenters. The van der Waals surface area contributed by atoms with Crippen LogP contribution in [0.3, 0.4) is 0 Å². The Balaban J connectivity index is 2.51. The second-order valence-corrected chi connectivity index (χ2v) is 2.48. The molecule has 0 amide bonds. The zero-order chi connectivity index (χ0) is 9.90. The topological polar surface area (TPSA) is 12.0 Å². The standard InChI is InChI=1S/C8H7F4N/c9-7-3-1-6(2-4-7)5-13-8(10,11)12/h1-4,13H,5H2. The molecule has 0 spiro atoms. The molecule has 1 nitrogen and oxygen atoms in total. The van der Waals surface area contributed by atoms with Gasteiger partial charge in [-0.25, -0.2) is 9.71 Å². The van der Waals surface area contributed by atoms with Crippen LogP contribution in [0, 0.1) is 5.82 Å². The molecule has 5 heteroatoms. The Bertz CT molecular complexity index is 264. The predicted octanol–water partition coefficient (Wildman–Crippen LogP) is 2.44. The van der Waals surface area contributed by atoms with Crippen LogP contribution in [0.1, 0.15) is 5.56 Å². The van der Waals surface area contributed by atoms with Crippen molar-refractivity contribution in [3.05, 3.63) is 35.6 Å². The van der Waals surface area contributed by atoms with Crippen molar-refractivity contribution in [2.24, 2.45) is 0 Å². The molecule has 0 radical (unpaired) electrons. The second kappa shape index (κ2) is 3.74. The minimum absolute atomic E-state index is 0.343. The number of hydrogen-bond acceptors (Lipinski definition) is 1. The van der Waals surface area contributed by atoms with E-state index in [9.17, 15) is 17.6 Å². The Morgan fingerprint density at radius 2 is 1.62 bits per heavy atom. The van der Waals surface area contributed by atoms with Crippen molar-refractivity contribution >= 4 is 0 Å². The van der Waals surface area contributed by atoms with Crippen LogP contribution < -0.4 is 5.32 Å². The predicted molar refractivity (Wildman–Crippen MR) is 39.3 cm³/mol. The molecule has 13 heavy (non-hydrogen) atoms. The van der Waals surface area contributed by atoms with Crippen LogP contribution in [0.2, 0.25) is 0 Å². The lowest BCUT2D eigenvalue weighted by molar-refractivity contribution is -0.158. The maximum Gasteiger partial charge on any atom is 0.457 e. The molecule has 0 aliphatic carbocycles. The zero-order valence-corrected chi connectivity index (χ0v) is 6.53. The molecule has 0 heterocycles. The fourth-order valence-electron chi connectivity index (χ4n) is 0.805. The van der Waals surface area contributed by atoms with E-state index in [2.05, 4.69) is 0 Å². The molecule has 0 aliphatic rings. The summed E-state index contributed by atoms with van der Waals surface area (Å²) in [5, 5.41) is 1.34.